The molecule has 0 radical (unpaired) electrons. The number of nitrogens with zero attached hydrogens (tertiary/aromatic N) is 2. The molecule has 3 aromatic rings. The molecule has 3 atom stereocenters. The summed E-state index contributed by atoms with van der Waals surface area (Å²) < 4.78 is 59.7. The predicted octanol–water partition coefficient (Wildman–Crippen LogP) is 9.99. The number of aryl methyl sites for hydroxylation is 1. The fourth-order valence-electron chi connectivity index (χ4n) is 9.02. The van der Waals surface area contributed by atoms with Crippen LogP contribution in [0.15, 0.2) is 54.7 Å². The van der Waals surface area contributed by atoms with E-state index in [0.29, 0.717) is 55.2 Å². The summed E-state index contributed by atoms with van der Waals surface area (Å²) in [6.07, 6.45) is 5.85. The highest BCUT2D eigenvalue weighted by atomic mass is 35.5. The molecule has 1 heterocycles. The zero-order valence-electron chi connectivity index (χ0n) is 36.2. The lowest BCUT2D eigenvalue weighted by molar-refractivity contribution is -0.150. The SMILES string of the molecule is CC(F)(F)F.COC(=O)C1(N(C=O)c2cccc(Cl)c2)CCC2(CC1)c1cc(OP(O)OCCNC(=O)OC(C)(C)C)ccc1CC2C[C@@H](C)COc1ccnc2c1CCCC2. The van der Waals surface area contributed by atoms with Gasteiger partial charge in [-0.15, -0.1) is 0 Å². The van der Waals surface area contributed by atoms with Crippen molar-refractivity contribution < 1.29 is 55.7 Å². The third-order valence-corrected chi connectivity index (χ3v) is 12.6. The first-order valence-electron chi connectivity index (χ1n) is 20.9. The third-order valence-electron chi connectivity index (χ3n) is 11.6. The number of benzene rings is 2. The van der Waals surface area contributed by atoms with Crippen molar-refractivity contribution in [3.05, 3.63) is 82.1 Å². The van der Waals surface area contributed by atoms with Crippen LogP contribution in [-0.4, -0.2) is 72.5 Å². The Morgan fingerprint density at radius 2 is 1.77 bits per heavy atom. The van der Waals surface area contributed by atoms with Crippen LogP contribution in [0.4, 0.5) is 23.7 Å². The number of aromatic nitrogens is 1. The minimum atomic E-state index is -4.00. The van der Waals surface area contributed by atoms with Crippen molar-refractivity contribution in [1.29, 1.82) is 0 Å². The molecule has 3 aliphatic carbocycles. The van der Waals surface area contributed by atoms with E-state index in [1.54, 1.807) is 45.0 Å². The minimum Gasteiger partial charge on any atom is -0.493 e. The largest absolute Gasteiger partial charge is 0.493 e. The third kappa shape index (κ3) is 12.7. The molecule has 12 nitrogen and oxygen atoms in total. The van der Waals surface area contributed by atoms with Crippen LogP contribution in [0.2, 0.25) is 5.02 Å². The lowest BCUT2D eigenvalue weighted by Gasteiger charge is -2.50. The molecule has 1 spiro atoms. The van der Waals surface area contributed by atoms with Gasteiger partial charge in [0.05, 0.1) is 20.3 Å². The van der Waals surface area contributed by atoms with Crippen molar-refractivity contribution >= 4 is 44.4 Å². The van der Waals surface area contributed by atoms with Gasteiger partial charge in [0.1, 0.15) is 22.6 Å². The standard InChI is InChI=1S/C43H55ClN3O9P.C2H3F3/c1-29(27-53-38-15-20-45-37-12-7-6-11-35(37)38)23-31-24-30-13-14-34(56-57(51)54-22-21-46-40(50)55-41(2,3)4)26-36(30)42(31)16-18-43(19-17-42,39(49)52-5)47(28-48)33-10-8-9-32(44)25-33;1-2(3,4)5/h8-10,13-15,20,25-26,28-29,31,51H,6-7,11-12,16-19,21-24,27H2,1-5H3,(H,46,50);1H3/t29-,31?,42?,43?,57?;/m1./s1. The highest BCUT2D eigenvalue weighted by Crippen LogP contribution is 2.58. The maximum absolute atomic E-state index is 13.8. The average molecular weight is 908 g/mol. The van der Waals surface area contributed by atoms with Crippen LogP contribution in [0.5, 0.6) is 11.5 Å². The Labute approximate surface area is 368 Å². The fourth-order valence-corrected chi connectivity index (χ4v) is 9.80. The molecule has 2 aromatic carbocycles. The molecular formula is C45H58ClF3N3O9P. The van der Waals surface area contributed by atoms with Gasteiger partial charge in [0.25, 0.3) is 0 Å². The van der Waals surface area contributed by atoms with E-state index in [9.17, 15) is 32.4 Å². The van der Waals surface area contributed by atoms with Gasteiger partial charge in [-0.1, -0.05) is 30.7 Å². The molecule has 0 saturated heterocycles. The number of halogens is 4. The average Bonchev–Trinajstić information content (AvgIpc) is 3.49. The molecule has 62 heavy (non-hydrogen) atoms. The Morgan fingerprint density at radius 1 is 1.06 bits per heavy atom. The predicted molar refractivity (Wildman–Crippen MR) is 230 cm³/mol. The summed E-state index contributed by atoms with van der Waals surface area (Å²) >= 11 is 6.35. The summed E-state index contributed by atoms with van der Waals surface area (Å²) in [6.45, 7) is 8.46. The summed E-state index contributed by atoms with van der Waals surface area (Å²) in [5.41, 5.74) is 2.96. The quantitative estimate of drug-likeness (QED) is 0.0654. The van der Waals surface area contributed by atoms with Crippen LogP contribution in [-0.2, 0) is 48.3 Å². The second-order valence-corrected chi connectivity index (χ2v) is 18.7. The second kappa shape index (κ2) is 21.0. The number of rotatable bonds is 15. The Kier molecular flexibility index (Phi) is 16.6. The van der Waals surface area contributed by atoms with Gasteiger partial charge < -0.3 is 33.5 Å². The monoisotopic (exact) mass is 907 g/mol. The van der Waals surface area contributed by atoms with E-state index in [2.05, 4.69) is 23.3 Å². The summed E-state index contributed by atoms with van der Waals surface area (Å²) in [4.78, 5) is 55.5. The Bertz CT molecular complexity index is 2000. The lowest BCUT2D eigenvalue weighted by atomic mass is 9.59. The van der Waals surface area contributed by atoms with Crippen molar-refractivity contribution in [3.8, 4) is 11.5 Å². The molecule has 6 rings (SSSR count). The number of hydrogen-bond donors (Lipinski definition) is 2. The molecule has 0 aliphatic heterocycles. The Balaban J connectivity index is 0.00000137. The molecule has 0 bridgehead atoms. The van der Waals surface area contributed by atoms with Crippen LogP contribution in [0.25, 0.3) is 0 Å². The molecular weight excluding hydrogens is 850 g/mol. The first kappa shape index (κ1) is 48.9. The van der Waals surface area contributed by atoms with Crippen molar-refractivity contribution in [1.82, 2.24) is 10.3 Å². The van der Waals surface area contributed by atoms with E-state index < -0.39 is 38.0 Å². The number of amides is 2. The van der Waals surface area contributed by atoms with Gasteiger partial charge >= 0.3 is 26.8 Å². The van der Waals surface area contributed by atoms with Crippen LogP contribution >= 0.6 is 20.2 Å². The van der Waals surface area contributed by atoms with E-state index in [-0.39, 0.29) is 37.3 Å². The highest BCUT2D eigenvalue weighted by Gasteiger charge is 2.56. The first-order valence-corrected chi connectivity index (χ1v) is 22.4. The van der Waals surface area contributed by atoms with Crippen molar-refractivity contribution in [3.63, 3.8) is 0 Å². The number of carbonyl (C=O) groups is 3. The van der Waals surface area contributed by atoms with Crippen molar-refractivity contribution in [2.75, 3.05) is 31.8 Å². The number of alkyl carbamates (subject to hydrolysis) is 1. The fraction of sp³-hybridized carbons (Fsp3) is 0.556. The van der Waals surface area contributed by atoms with E-state index in [1.807, 2.05) is 24.4 Å². The summed E-state index contributed by atoms with van der Waals surface area (Å²) in [6, 6.07) is 14.8. The van der Waals surface area contributed by atoms with Gasteiger partial charge in [-0.3, -0.25) is 14.7 Å². The first-order chi connectivity index (χ1) is 29.3. The number of methoxy groups -OCH3 is 1. The number of nitrogens with one attached hydrogen (secondary N) is 1. The molecule has 340 valence electrons. The smallest absolute Gasteiger partial charge is 0.407 e. The van der Waals surface area contributed by atoms with Crippen LogP contribution in [0.1, 0.15) is 102 Å². The zero-order chi connectivity index (χ0) is 45.3. The topological polar surface area (TPSA) is 146 Å². The minimum absolute atomic E-state index is 0.0239. The van der Waals surface area contributed by atoms with Crippen molar-refractivity contribution in [2.45, 2.75) is 122 Å². The molecule has 1 aromatic heterocycles. The number of carbonyl (C=O) groups excluding carboxylic acids is 3. The molecule has 3 aliphatic rings. The maximum Gasteiger partial charge on any atom is 0.407 e. The van der Waals surface area contributed by atoms with E-state index >= 15 is 0 Å². The molecule has 1 saturated carbocycles. The van der Waals surface area contributed by atoms with Crippen molar-refractivity contribution in [2.24, 2.45) is 11.8 Å². The number of anilines is 1. The van der Waals surface area contributed by atoms with Crippen LogP contribution in [0.3, 0.4) is 0 Å². The van der Waals surface area contributed by atoms with Crippen LogP contribution < -0.4 is 19.5 Å². The number of ether oxygens (including phenoxy) is 3. The number of esters is 1. The summed E-state index contributed by atoms with van der Waals surface area (Å²) in [7, 11) is -0.944. The van der Waals surface area contributed by atoms with E-state index in [4.69, 9.17) is 34.9 Å². The molecule has 2 N–H and O–H groups in total. The zero-order valence-corrected chi connectivity index (χ0v) is 37.8. The number of pyridine rings is 1. The number of alkyl halides is 3. The molecule has 2 unspecified atom stereocenters. The summed E-state index contributed by atoms with van der Waals surface area (Å²) in [5.74, 6) is 1.33. The van der Waals surface area contributed by atoms with Gasteiger partial charge in [-0.2, -0.15) is 13.2 Å². The summed E-state index contributed by atoms with van der Waals surface area (Å²) in [5, 5.41) is 3.07. The van der Waals surface area contributed by atoms with Gasteiger partial charge in [0, 0.05) is 41.6 Å². The maximum atomic E-state index is 13.8. The molecule has 17 heteroatoms. The number of fused-ring (bicyclic) bond motifs is 3. The number of hydrogen-bond acceptors (Lipinski definition) is 10. The molecule has 1 fully saturated rings. The van der Waals surface area contributed by atoms with Gasteiger partial charge in [0.15, 0.2) is 0 Å². The van der Waals surface area contributed by atoms with Gasteiger partial charge in [0.2, 0.25) is 6.41 Å². The normalized spacial score (nSPS) is 21.6. The van der Waals surface area contributed by atoms with E-state index in [0.717, 1.165) is 55.5 Å². The second-order valence-electron chi connectivity index (χ2n) is 17.3. The van der Waals surface area contributed by atoms with Gasteiger partial charge in [-0.05, 0) is 150 Å². The molecule has 2 amide bonds. The van der Waals surface area contributed by atoms with Crippen LogP contribution in [0, 0.1) is 11.8 Å². The lowest BCUT2D eigenvalue weighted by Crippen LogP contribution is -2.59. The Morgan fingerprint density at radius 3 is 2.44 bits per heavy atom. The van der Waals surface area contributed by atoms with E-state index in [1.165, 1.54) is 23.1 Å². The van der Waals surface area contributed by atoms with Gasteiger partial charge in [-0.25, -0.2) is 9.59 Å². The highest BCUT2D eigenvalue weighted by molar-refractivity contribution is 7.41. The Hall–Kier alpha value is -4.17.